The molecule has 1 amide bonds. The van der Waals surface area contributed by atoms with Crippen LogP contribution in [-0.2, 0) is 9.59 Å². The van der Waals surface area contributed by atoms with Crippen LogP contribution in [0.5, 0.6) is 17.2 Å². The van der Waals surface area contributed by atoms with Gasteiger partial charge in [0, 0.05) is 5.56 Å². The van der Waals surface area contributed by atoms with Crippen LogP contribution in [0.25, 0.3) is 16.0 Å². The zero-order valence-electron chi connectivity index (χ0n) is 20.1. The third kappa shape index (κ3) is 3.88. The predicted molar refractivity (Wildman–Crippen MR) is 140 cm³/mol. The Balaban J connectivity index is 1.55. The summed E-state index contributed by atoms with van der Waals surface area (Å²) in [5, 5.41) is 11.8. The van der Waals surface area contributed by atoms with Gasteiger partial charge in [0.2, 0.25) is 0 Å². The van der Waals surface area contributed by atoms with Gasteiger partial charge < -0.3 is 19.3 Å². The molecule has 1 unspecified atom stereocenters. The van der Waals surface area contributed by atoms with Crippen LogP contribution in [0.3, 0.4) is 0 Å². The molecule has 0 aliphatic carbocycles. The van der Waals surface area contributed by atoms with E-state index >= 15 is 0 Å². The van der Waals surface area contributed by atoms with Gasteiger partial charge >= 0.3 is 5.91 Å². The number of ether oxygens (including phenoxy) is 3. The summed E-state index contributed by atoms with van der Waals surface area (Å²) in [6.07, 6.45) is 0. The lowest BCUT2D eigenvalue weighted by Gasteiger charge is -2.23. The van der Waals surface area contributed by atoms with Crippen LogP contribution in [-0.4, -0.2) is 42.1 Å². The maximum absolute atomic E-state index is 13.5. The zero-order valence-corrected chi connectivity index (χ0v) is 20.9. The molecule has 1 saturated heterocycles. The van der Waals surface area contributed by atoms with Gasteiger partial charge in [0.15, 0.2) is 16.6 Å². The molecule has 2 aliphatic heterocycles. The number of fused-ring (bicyclic) bond motifs is 2. The number of hydrogen-bond acceptors (Lipinski definition) is 8. The van der Waals surface area contributed by atoms with E-state index < -0.39 is 17.7 Å². The molecular formula is C28H22N2O6S. The number of rotatable bonds is 4. The quantitative estimate of drug-likeness (QED) is 0.232. The molecule has 9 heteroatoms. The van der Waals surface area contributed by atoms with Crippen molar-refractivity contribution in [1.82, 2.24) is 4.98 Å². The Morgan fingerprint density at radius 1 is 1.05 bits per heavy atom. The second-order valence-electron chi connectivity index (χ2n) is 8.77. The number of benzene rings is 3. The fourth-order valence-electron chi connectivity index (χ4n) is 4.63. The molecule has 2 aliphatic rings. The molecule has 8 nitrogen and oxygen atoms in total. The number of ketones is 1. The molecule has 186 valence electrons. The van der Waals surface area contributed by atoms with Crippen LogP contribution in [0.4, 0.5) is 5.13 Å². The fraction of sp³-hybridized carbons (Fsp3) is 0.179. The number of methoxy groups -OCH3 is 1. The van der Waals surface area contributed by atoms with E-state index in [2.05, 4.69) is 4.98 Å². The van der Waals surface area contributed by atoms with Crippen molar-refractivity contribution >= 4 is 44.1 Å². The summed E-state index contributed by atoms with van der Waals surface area (Å²) >= 11 is 1.32. The molecule has 3 heterocycles. The van der Waals surface area contributed by atoms with Crippen molar-refractivity contribution in [2.75, 3.05) is 25.2 Å². The van der Waals surface area contributed by atoms with Crippen LogP contribution in [0, 0.1) is 6.92 Å². The van der Waals surface area contributed by atoms with Gasteiger partial charge in [-0.1, -0.05) is 29.5 Å². The highest BCUT2D eigenvalue weighted by atomic mass is 32.1. The van der Waals surface area contributed by atoms with E-state index in [-0.39, 0.29) is 11.3 Å². The largest absolute Gasteiger partial charge is 0.507 e. The van der Waals surface area contributed by atoms with Gasteiger partial charge in [-0.25, -0.2) is 4.98 Å². The summed E-state index contributed by atoms with van der Waals surface area (Å²) in [4.78, 5) is 33.0. The van der Waals surface area contributed by atoms with Gasteiger partial charge in [0.25, 0.3) is 5.78 Å². The topological polar surface area (TPSA) is 98.2 Å². The Morgan fingerprint density at radius 3 is 2.68 bits per heavy atom. The summed E-state index contributed by atoms with van der Waals surface area (Å²) in [5.74, 6) is -0.287. The highest BCUT2D eigenvalue weighted by Crippen LogP contribution is 2.45. The molecule has 1 aromatic heterocycles. The van der Waals surface area contributed by atoms with Crippen LogP contribution < -0.4 is 19.1 Å². The number of aromatic nitrogens is 1. The molecule has 6 rings (SSSR count). The number of Topliss-reactive ketones (excluding diaryl/α,β-unsaturated/α-hetero) is 1. The average molecular weight is 515 g/mol. The number of aliphatic hydroxyl groups excluding tert-OH is 1. The molecule has 0 saturated carbocycles. The lowest BCUT2D eigenvalue weighted by atomic mass is 9.95. The van der Waals surface area contributed by atoms with Gasteiger partial charge in [-0.05, 0) is 60.5 Å². The number of carbonyl (C=O) groups excluding carboxylic acids is 2. The van der Waals surface area contributed by atoms with E-state index in [4.69, 9.17) is 14.2 Å². The van der Waals surface area contributed by atoms with E-state index in [9.17, 15) is 14.7 Å². The minimum Gasteiger partial charge on any atom is -0.507 e. The number of aliphatic hydroxyl groups is 1. The Labute approximate surface area is 216 Å². The van der Waals surface area contributed by atoms with Gasteiger partial charge in [0.05, 0.1) is 28.9 Å². The molecular weight excluding hydrogens is 492 g/mol. The third-order valence-electron chi connectivity index (χ3n) is 6.41. The van der Waals surface area contributed by atoms with Crippen LogP contribution >= 0.6 is 11.3 Å². The molecule has 0 radical (unpaired) electrons. The highest BCUT2D eigenvalue weighted by molar-refractivity contribution is 7.22. The van der Waals surface area contributed by atoms with Crippen molar-refractivity contribution in [2.24, 2.45) is 0 Å². The van der Waals surface area contributed by atoms with Crippen LogP contribution in [0.2, 0.25) is 0 Å². The van der Waals surface area contributed by atoms with E-state index in [1.807, 2.05) is 25.1 Å². The van der Waals surface area contributed by atoms with Gasteiger partial charge in [-0.15, -0.1) is 0 Å². The molecule has 1 N–H and O–H groups in total. The van der Waals surface area contributed by atoms with Gasteiger partial charge in [-0.2, -0.15) is 0 Å². The van der Waals surface area contributed by atoms with Crippen LogP contribution in [0.1, 0.15) is 22.7 Å². The molecule has 4 aromatic rings. The maximum atomic E-state index is 13.5. The minimum absolute atomic E-state index is 0.0367. The summed E-state index contributed by atoms with van der Waals surface area (Å²) in [6.45, 7) is 2.79. The second-order valence-corrected chi connectivity index (χ2v) is 9.78. The summed E-state index contributed by atoms with van der Waals surface area (Å²) in [7, 11) is 1.54. The number of thiazole rings is 1. The first-order valence-corrected chi connectivity index (χ1v) is 12.5. The monoisotopic (exact) mass is 514 g/mol. The number of hydrogen-bond donors (Lipinski definition) is 1. The molecule has 1 atom stereocenters. The number of carbonyl (C=O) groups is 2. The first-order valence-electron chi connectivity index (χ1n) is 11.7. The van der Waals surface area contributed by atoms with Crippen molar-refractivity contribution in [3.63, 3.8) is 0 Å². The maximum Gasteiger partial charge on any atom is 0.301 e. The Morgan fingerprint density at radius 2 is 1.86 bits per heavy atom. The number of nitrogens with zero attached hydrogens (tertiary/aromatic N) is 2. The standard InChI is InChI=1S/C28H22N2O6S/c1-15-6-8-19-22(12-15)37-28(29-19)30-24(16-4-3-5-18(13-16)34-2)23(26(32)27(30)33)25(31)17-7-9-20-21(14-17)36-11-10-35-20/h3-9,12-14,24,31H,10-11H2,1-2H3. The molecule has 3 aromatic carbocycles. The lowest BCUT2D eigenvalue weighted by molar-refractivity contribution is -0.132. The molecule has 0 bridgehead atoms. The number of amides is 1. The fourth-order valence-corrected chi connectivity index (χ4v) is 5.72. The Bertz CT molecular complexity index is 1610. The Hall–Kier alpha value is -4.37. The van der Waals surface area contributed by atoms with Crippen molar-refractivity contribution in [3.8, 4) is 17.2 Å². The van der Waals surface area contributed by atoms with Crippen molar-refractivity contribution in [2.45, 2.75) is 13.0 Å². The van der Waals surface area contributed by atoms with Gasteiger partial charge in [-0.3, -0.25) is 14.5 Å². The van der Waals surface area contributed by atoms with E-state index in [1.54, 1.807) is 49.6 Å². The summed E-state index contributed by atoms with van der Waals surface area (Å²) in [6, 6.07) is 16.9. The Kier molecular flexibility index (Phi) is 5.57. The van der Waals surface area contributed by atoms with Crippen molar-refractivity contribution in [1.29, 1.82) is 0 Å². The third-order valence-corrected chi connectivity index (χ3v) is 7.43. The average Bonchev–Trinajstić information content (AvgIpc) is 3.45. The van der Waals surface area contributed by atoms with E-state index in [1.165, 1.54) is 16.2 Å². The van der Waals surface area contributed by atoms with Gasteiger partial charge in [0.1, 0.15) is 24.7 Å². The molecule has 1 fully saturated rings. The van der Waals surface area contributed by atoms with Crippen molar-refractivity contribution < 1.29 is 28.9 Å². The normalized spacial score (nSPS) is 18.4. The minimum atomic E-state index is -0.912. The first-order chi connectivity index (χ1) is 17.9. The predicted octanol–water partition coefficient (Wildman–Crippen LogP) is 5.01. The smallest absolute Gasteiger partial charge is 0.301 e. The number of aryl methyl sites for hydroxylation is 1. The summed E-state index contributed by atoms with van der Waals surface area (Å²) in [5.41, 5.74) is 2.70. The SMILES string of the molecule is COc1cccc(C2C(=C(O)c3ccc4c(c3)OCCO4)C(=O)C(=O)N2c2nc3ccc(C)cc3s2)c1. The van der Waals surface area contributed by atoms with Crippen molar-refractivity contribution in [3.05, 3.63) is 82.9 Å². The van der Waals surface area contributed by atoms with Crippen LogP contribution in [0.15, 0.2) is 66.2 Å². The van der Waals surface area contributed by atoms with E-state index in [0.29, 0.717) is 46.7 Å². The second kappa shape index (κ2) is 8.94. The number of anilines is 1. The zero-order chi connectivity index (χ0) is 25.7. The summed E-state index contributed by atoms with van der Waals surface area (Å²) < 4.78 is 17.5. The molecule has 0 spiro atoms. The van der Waals surface area contributed by atoms with E-state index in [0.717, 1.165) is 15.8 Å². The first kappa shape index (κ1) is 23.1. The highest BCUT2D eigenvalue weighted by Gasteiger charge is 2.48. The molecule has 37 heavy (non-hydrogen) atoms. The lowest BCUT2D eigenvalue weighted by Crippen LogP contribution is -2.29.